The Morgan fingerprint density at radius 1 is 1.59 bits per heavy atom. The predicted molar refractivity (Wildman–Crippen MR) is 63.5 cm³/mol. The van der Waals surface area contributed by atoms with Crippen LogP contribution in [-0.2, 0) is 9.59 Å². The van der Waals surface area contributed by atoms with Gasteiger partial charge in [0, 0.05) is 13.2 Å². The lowest BCUT2D eigenvalue weighted by atomic mass is 10.2. The van der Waals surface area contributed by atoms with Crippen LogP contribution in [0.3, 0.4) is 0 Å². The molecule has 2 rings (SSSR count). The van der Waals surface area contributed by atoms with E-state index in [1.165, 1.54) is 19.3 Å². The van der Waals surface area contributed by atoms with Crippen LogP contribution < -0.4 is 11.1 Å². The van der Waals surface area contributed by atoms with Crippen LogP contribution in [0.4, 0.5) is 11.5 Å². The fourth-order valence-corrected chi connectivity index (χ4v) is 1.78. The highest BCUT2D eigenvalue weighted by Gasteiger charge is 2.36. The highest BCUT2D eigenvalue weighted by Crippen LogP contribution is 2.22. The topological polar surface area (TPSA) is 88.3 Å². The van der Waals surface area contributed by atoms with Crippen molar-refractivity contribution in [2.75, 3.05) is 18.1 Å². The highest BCUT2D eigenvalue weighted by molar-refractivity contribution is 6.30. The molecule has 1 aliphatic rings. The fourth-order valence-electron chi connectivity index (χ4n) is 1.61. The van der Waals surface area contributed by atoms with Crippen LogP contribution in [0, 0.1) is 0 Å². The van der Waals surface area contributed by atoms with Gasteiger partial charge in [-0.25, -0.2) is 4.98 Å². The molecule has 1 unspecified atom stereocenters. The Morgan fingerprint density at radius 2 is 2.29 bits per heavy atom. The van der Waals surface area contributed by atoms with Gasteiger partial charge in [-0.3, -0.25) is 14.5 Å². The van der Waals surface area contributed by atoms with Gasteiger partial charge in [-0.05, 0) is 6.07 Å². The quantitative estimate of drug-likeness (QED) is 0.750. The number of carbonyl (C=O) groups excluding carboxylic acids is 2. The van der Waals surface area contributed by atoms with Crippen molar-refractivity contribution in [1.29, 1.82) is 0 Å². The van der Waals surface area contributed by atoms with E-state index in [0.29, 0.717) is 16.5 Å². The van der Waals surface area contributed by atoms with Crippen molar-refractivity contribution < 1.29 is 9.59 Å². The average molecular weight is 255 g/mol. The van der Waals surface area contributed by atoms with Crippen LogP contribution in [-0.4, -0.2) is 34.8 Å². The Labute approximate surface area is 103 Å². The lowest BCUT2D eigenvalue weighted by Crippen LogP contribution is -2.32. The predicted octanol–water partition coefficient (Wildman–Crippen LogP) is 0.486. The molecule has 0 aromatic carbocycles. The molecule has 3 N–H and O–H groups in total. The lowest BCUT2D eigenvalue weighted by molar-refractivity contribution is -0.136. The van der Waals surface area contributed by atoms with Crippen LogP contribution in [0.2, 0.25) is 5.02 Å². The number of halogens is 1. The maximum absolute atomic E-state index is 11.6. The number of rotatable bonds is 2. The number of hydrogen-bond acceptors (Lipinski definition) is 5. The first kappa shape index (κ1) is 11.7. The molecule has 1 saturated heterocycles. The SMILES string of the molecule is CN1C(=O)CC(Nc2ncc(Cl)cc2N)C1=O. The van der Waals surface area contributed by atoms with Crippen molar-refractivity contribution in [2.45, 2.75) is 12.5 Å². The van der Waals surface area contributed by atoms with Gasteiger partial charge < -0.3 is 11.1 Å². The van der Waals surface area contributed by atoms with Crippen molar-refractivity contribution in [3.8, 4) is 0 Å². The number of carbonyl (C=O) groups is 2. The number of nitrogens with one attached hydrogen (secondary N) is 1. The van der Waals surface area contributed by atoms with Crippen molar-refractivity contribution >= 4 is 34.9 Å². The van der Waals surface area contributed by atoms with E-state index >= 15 is 0 Å². The first-order valence-corrected chi connectivity index (χ1v) is 5.35. The monoisotopic (exact) mass is 254 g/mol. The summed E-state index contributed by atoms with van der Waals surface area (Å²) in [7, 11) is 1.45. The van der Waals surface area contributed by atoms with Crippen molar-refractivity contribution in [3.63, 3.8) is 0 Å². The molecule has 1 atom stereocenters. The van der Waals surface area contributed by atoms with E-state index in [4.69, 9.17) is 17.3 Å². The van der Waals surface area contributed by atoms with E-state index in [-0.39, 0.29) is 18.2 Å². The van der Waals surface area contributed by atoms with Gasteiger partial charge in [0.2, 0.25) is 5.91 Å². The third kappa shape index (κ3) is 2.16. The lowest BCUT2D eigenvalue weighted by Gasteiger charge is -2.13. The minimum Gasteiger partial charge on any atom is -0.396 e. The summed E-state index contributed by atoms with van der Waals surface area (Å²) >= 11 is 5.71. The van der Waals surface area contributed by atoms with E-state index in [0.717, 1.165) is 4.90 Å². The highest BCUT2D eigenvalue weighted by atomic mass is 35.5. The first-order valence-electron chi connectivity index (χ1n) is 4.97. The van der Waals surface area contributed by atoms with Gasteiger partial charge in [0.15, 0.2) is 0 Å². The second-order valence-electron chi connectivity index (χ2n) is 3.78. The molecule has 2 heterocycles. The van der Waals surface area contributed by atoms with Crippen LogP contribution in [0.5, 0.6) is 0 Å². The summed E-state index contributed by atoms with van der Waals surface area (Å²) in [6.45, 7) is 0. The third-order valence-electron chi connectivity index (χ3n) is 2.58. The number of likely N-dealkylation sites (tertiary alicyclic amines) is 1. The van der Waals surface area contributed by atoms with Crippen molar-refractivity contribution in [1.82, 2.24) is 9.88 Å². The van der Waals surface area contributed by atoms with Gasteiger partial charge in [0.05, 0.1) is 17.1 Å². The van der Waals surface area contributed by atoms with Crippen LogP contribution in [0.1, 0.15) is 6.42 Å². The first-order chi connectivity index (χ1) is 7.99. The molecule has 17 heavy (non-hydrogen) atoms. The molecule has 0 radical (unpaired) electrons. The molecular formula is C10H11ClN4O2. The molecule has 0 spiro atoms. The van der Waals surface area contributed by atoms with Crippen LogP contribution in [0.25, 0.3) is 0 Å². The zero-order valence-corrected chi connectivity index (χ0v) is 9.86. The van der Waals surface area contributed by atoms with Crippen LogP contribution in [0.15, 0.2) is 12.3 Å². The molecule has 1 aromatic heterocycles. The molecule has 7 heteroatoms. The normalized spacial score (nSPS) is 19.9. The molecule has 0 bridgehead atoms. The fraction of sp³-hybridized carbons (Fsp3) is 0.300. The summed E-state index contributed by atoms with van der Waals surface area (Å²) in [6, 6.07) is 0.922. The number of nitrogens with zero attached hydrogens (tertiary/aromatic N) is 2. The summed E-state index contributed by atoms with van der Waals surface area (Å²) in [5.74, 6) is -0.151. The number of hydrogen-bond donors (Lipinski definition) is 2. The smallest absolute Gasteiger partial charge is 0.251 e. The number of imide groups is 1. The maximum atomic E-state index is 11.6. The molecule has 1 aromatic rings. The number of aromatic nitrogens is 1. The number of pyridine rings is 1. The van der Waals surface area contributed by atoms with Gasteiger partial charge >= 0.3 is 0 Å². The number of likely N-dealkylation sites (N-methyl/N-ethyl adjacent to an activating group) is 1. The van der Waals surface area contributed by atoms with Gasteiger partial charge in [-0.2, -0.15) is 0 Å². The second kappa shape index (κ2) is 4.21. The Morgan fingerprint density at radius 3 is 2.82 bits per heavy atom. The molecule has 2 amide bonds. The molecule has 1 fully saturated rings. The molecule has 6 nitrogen and oxygen atoms in total. The molecular weight excluding hydrogens is 244 g/mol. The number of nitrogen functional groups attached to an aromatic ring is 1. The van der Waals surface area contributed by atoms with Gasteiger partial charge in [-0.1, -0.05) is 11.6 Å². The number of anilines is 2. The summed E-state index contributed by atoms with van der Waals surface area (Å²) in [6.07, 6.45) is 1.53. The molecule has 1 aliphatic heterocycles. The zero-order chi connectivity index (χ0) is 12.6. The number of amides is 2. The standard InChI is InChI=1S/C10H11ClN4O2/c1-15-8(16)3-7(10(15)17)14-9-6(12)2-5(11)4-13-9/h2,4,7H,3,12H2,1H3,(H,13,14). The Kier molecular flexibility index (Phi) is 2.89. The average Bonchev–Trinajstić information content (AvgIpc) is 2.50. The summed E-state index contributed by atoms with van der Waals surface area (Å²) < 4.78 is 0. The molecule has 0 aliphatic carbocycles. The summed E-state index contributed by atoms with van der Waals surface area (Å²) in [5.41, 5.74) is 6.04. The summed E-state index contributed by atoms with van der Waals surface area (Å²) in [5, 5.41) is 3.26. The van der Waals surface area contributed by atoms with Crippen molar-refractivity contribution in [2.24, 2.45) is 0 Å². The Bertz CT molecular complexity index is 491. The van der Waals surface area contributed by atoms with E-state index in [1.807, 2.05) is 0 Å². The largest absolute Gasteiger partial charge is 0.396 e. The van der Waals surface area contributed by atoms with E-state index in [2.05, 4.69) is 10.3 Å². The van der Waals surface area contributed by atoms with E-state index in [9.17, 15) is 9.59 Å². The van der Waals surface area contributed by atoms with Gasteiger partial charge in [0.25, 0.3) is 5.91 Å². The van der Waals surface area contributed by atoms with Gasteiger partial charge in [-0.15, -0.1) is 0 Å². The minimum atomic E-state index is -0.608. The molecule has 0 saturated carbocycles. The number of nitrogens with two attached hydrogens (primary N) is 1. The minimum absolute atomic E-state index is 0.110. The van der Waals surface area contributed by atoms with Crippen LogP contribution >= 0.6 is 11.6 Å². The van der Waals surface area contributed by atoms with E-state index in [1.54, 1.807) is 0 Å². The Hall–Kier alpha value is -1.82. The second-order valence-corrected chi connectivity index (χ2v) is 4.22. The summed E-state index contributed by atoms with van der Waals surface area (Å²) in [4.78, 5) is 28.0. The third-order valence-corrected chi connectivity index (χ3v) is 2.78. The molecule has 90 valence electrons. The van der Waals surface area contributed by atoms with E-state index < -0.39 is 6.04 Å². The van der Waals surface area contributed by atoms with Gasteiger partial charge in [0.1, 0.15) is 11.9 Å². The zero-order valence-electron chi connectivity index (χ0n) is 9.11. The maximum Gasteiger partial charge on any atom is 0.251 e. The Balaban J connectivity index is 2.17. The van der Waals surface area contributed by atoms with Crippen molar-refractivity contribution in [3.05, 3.63) is 17.3 Å².